The third-order valence-corrected chi connectivity index (χ3v) is 3.22. The number of rotatable bonds is 5. The third kappa shape index (κ3) is 4.14. The van der Waals surface area contributed by atoms with Crippen molar-refractivity contribution < 1.29 is 4.42 Å². The van der Waals surface area contributed by atoms with Crippen LogP contribution >= 0.6 is 0 Å². The number of hydrogen-bond donors (Lipinski definition) is 1. The van der Waals surface area contributed by atoms with Gasteiger partial charge in [0.2, 0.25) is 0 Å². The Hall–Kier alpha value is -1.74. The average Bonchev–Trinajstić information content (AvgIpc) is 2.84. The molecule has 2 aromatic rings. The first-order valence-corrected chi connectivity index (χ1v) is 7.02. The molecule has 0 saturated carbocycles. The zero-order valence-corrected chi connectivity index (χ0v) is 12.8. The summed E-state index contributed by atoms with van der Waals surface area (Å²) in [6.45, 7) is 8.08. The van der Waals surface area contributed by atoms with Crippen molar-refractivity contribution in [2.45, 2.75) is 39.4 Å². The molecule has 3 nitrogen and oxygen atoms in total. The van der Waals surface area contributed by atoms with Crippen LogP contribution in [-0.4, -0.2) is 12.6 Å². The molecule has 1 aromatic carbocycles. The average molecular weight is 272 g/mol. The van der Waals surface area contributed by atoms with Gasteiger partial charge in [-0.25, -0.2) is 0 Å². The van der Waals surface area contributed by atoms with Gasteiger partial charge in [-0.2, -0.15) is 0 Å². The van der Waals surface area contributed by atoms with E-state index in [1.54, 1.807) is 6.26 Å². The van der Waals surface area contributed by atoms with Crippen LogP contribution in [0.2, 0.25) is 0 Å². The highest BCUT2D eigenvalue weighted by Crippen LogP contribution is 2.18. The highest BCUT2D eigenvalue weighted by molar-refractivity contribution is 5.45. The van der Waals surface area contributed by atoms with Crippen molar-refractivity contribution in [3.05, 3.63) is 54.0 Å². The van der Waals surface area contributed by atoms with E-state index < -0.39 is 0 Å². The monoisotopic (exact) mass is 272 g/mol. The summed E-state index contributed by atoms with van der Waals surface area (Å²) in [5.41, 5.74) is 2.53. The van der Waals surface area contributed by atoms with Gasteiger partial charge >= 0.3 is 0 Å². The zero-order chi connectivity index (χ0) is 14.6. The summed E-state index contributed by atoms with van der Waals surface area (Å²) in [6, 6.07) is 12.4. The van der Waals surface area contributed by atoms with E-state index in [1.807, 2.05) is 6.07 Å². The largest absolute Gasteiger partial charge is 0.468 e. The van der Waals surface area contributed by atoms with Crippen molar-refractivity contribution in [2.75, 3.05) is 11.9 Å². The number of nitrogens with one attached hydrogen (secondary N) is 1. The van der Waals surface area contributed by atoms with Crippen LogP contribution in [0, 0.1) is 0 Å². The maximum atomic E-state index is 5.61. The van der Waals surface area contributed by atoms with Gasteiger partial charge in [0, 0.05) is 30.4 Å². The first kappa shape index (κ1) is 14.7. The SMILES string of the molecule is CN(Cc1ccoc1CNC(C)(C)C)c1ccccc1. The fourth-order valence-corrected chi connectivity index (χ4v) is 2.04. The Kier molecular flexibility index (Phi) is 4.50. The van der Waals surface area contributed by atoms with Crippen LogP contribution in [-0.2, 0) is 13.1 Å². The summed E-state index contributed by atoms with van der Waals surface area (Å²) in [4.78, 5) is 2.23. The quantitative estimate of drug-likeness (QED) is 0.897. The summed E-state index contributed by atoms with van der Waals surface area (Å²) < 4.78 is 5.61. The Labute approximate surface area is 121 Å². The van der Waals surface area contributed by atoms with Crippen molar-refractivity contribution >= 4 is 5.69 Å². The van der Waals surface area contributed by atoms with E-state index in [1.165, 1.54) is 11.3 Å². The maximum absolute atomic E-state index is 5.61. The van der Waals surface area contributed by atoms with Crippen molar-refractivity contribution in [1.29, 1.82) is 0 Å². The van der Waals surface area contributed by atoms with Crippen molar-refractivity contribution in [2.24, 2.45) is 0 Å². The number of hydrogen-bond acceptors (Lipinski definition) is 3. The van der Waals surface area contributed by atoms with E-state index in [2.05, 4.69) is 68.4 Å². The van der Waals surface area contributed by atoms with Crippen molar-refractivity contribution in [3.8, 4) is 0 Å². The molecule has 0 bridgehead atoms. The molecular weight excluding hydrogens is 248 g/mol. The summed E-state index contributed by atoms with van der Waals surface area (Å²) in [5.74, 6) is 1.02. The summed E-state index contributed by atoms with van der Waals surface area (Å²) >= 11 is 0. The zero-order valence-electron chi connectivity index (χ0n) is 12.8. The molecule has 1 N–H and O–H groups in total. The number of para-hydroxylation sites is 1. The summed E-state index contributed by atoms with van der Waals surface area (Å²) in [7, 11) is 2.10. The molecule has 0 radical (unpaired) electrons. The molecule has 0 aliphatic heterocycles. The second-order valence-corrected chi connectivity index (χ2v) is 6.16. The van der Waals surface area contributed by atoms with E-state index in [-0.39, 0.29) is 5.54 Å². The number of benzene rings is 1. The van der Waals surface area contributed by atoms with Gasteiger partial charge in [0.1, 0.15) is 5.76 Å². The Morgan fingerprint density at radius 2 is 1.80 bits per heavy atom. The first-order chi connectivity index (χ1) is 9.46. The topological polar surface area (TPSA) is 28.4 Å². The molecular formula is C17H24N2O. The molecule has 0 aliphatic rings. The predicted molar refractivity (Wildman–Crippen MR) is 83.8 cm³/mol. The minimum atomic E-state index is 0.0927. The maximum Gasteiger partial charge on any atom is 0.122 e. The molecule has 1 heterocycles. The van der Waals surface area contributed by atoms with Crippen LogP contribution in [0.4, 0.5) is 5.69 Å². The van der Waals surface area contributed by atoms with E-state index in [0.29, 0.717) is 0 Å². The first-order valence-electron chi connectivity index (χ1n) is 7.02. The Bertz CT molecular complexity index is 525. The lowest BCUT2D eigenvalue weighted by Crippen LogP contribution is -2.35. The minimum Gasteiger partial charge on any atom is -0.468 e. The van der Waals surface area contributed by atoms with Gasteiger partial charge < -0.3 is 14.6 Å². The smallest absolute Gasteiger partial charge is 0.122 e. The number of anilines is 1. The molecule has 108 valence electrons. The molecule has 3 heteroatoms. The fraction of sp³-hybridized carbons (Fsp3) is 0.412. The van der Waals surface area contributed by atoms with Gasteiger partial charge in [0.05, 0.1) is 12.8 Å². The molecule has 0 aliphatic carbocycles. The van der Waals surface area contributed by atoms with Crippen LogP contribution in [0.5, 0.6) is 0 Å². The predicted octanol–water partition coefficient (Wildman–Crippen LogP) is 3.80. The molecule has 0 saturated heterocycles. The highest BCUT2D eigenvalue weighted by atomic mass is 16.3. The molecule has 20 heavy (non-hydrogen) atoms. The molecule has 2 rings (SSSR count). The lowest BCUT2D eigenvalue weighted by Gasteiger charge is -2.22. The van der Waals surface area contributed by atoms with Crippen LogP contribution < -0.4 is 10.2 Å². The standard InChI is InChI=1S/C17H24N2O/c1-17(2,3)18-12-16-14(10-11-20-16)13-19(4)15-8-6-5-7-9-15/h5-11,18H,12-13H2,1-4H3. The Balaban J connectivity index is 2.02. The Morgan fingerprint density at radius 1 is 1.10 bits per heavy atom. The lowest BCUT2D eigenvalue weighted by atomic mass is 10.1. The second-order valence-electron chi connectivity index (χ2n) is 6.16. The van der Waals surface area contributed by atoms with Gasteiger partial charge in [-0.15, -0.1) is 0 Å². The van der Waals surface area contributed by atoms with Crippen LogP contribution in [0.15, 0.2) is 47.1 Å². The summed E-state index contributed by atoms with van der Waals surface area (Å²) in [5, 5.41) is 3.47. The van der Waals surface area contributed by atoms with E-state index >= 15 is 0 Å². The molecule has 0 atom stereocenters. The molecule has 0 fully saturated rings. The molecule has 1 aromatic heterocycles. The summed E-state index contributed by atoms with van der Waals surface area (Å²) in [6.07, 6.45) is 1.77. The van der Waals surface area contributed by atoms with Crippen LogP contribution in [0.1, 0.15) is 32.1 Å². The van der Waals surface area contributed by atoms with Crippen LogP contribution in [0.3, 0.4) is 0 Å². The minimum absolute atomic E-state index is 0.0927. The van der Waals surface area contributed by atoms with E-state index in [9.17, 15) is 0 Å². The van der Waals surface area contributed by atoms with Crippen molar-refractivity contribution in [3.63, 3.8) is 0 Å². The molecule has 0 spiro atoms. The Morgan fingerprint density at radius 3 is 2.45 bits per heavy atom. The van der Waals surface area contributed by atoms with Gasteiger partial charge in [0.25, 0.3) is 0 Å². The normalized spacial score (nSPS) is 11.6. The fourth-order valence-electron chi connectivity index (χ4n) is 2.04. The van der Waals surface area contributed by atoms with Gasteiger partial charge in [0.15, 0.2) is 0 Å². The van der Waals surface area contributed by atoms with Crippen molar-refractivity contribution in [1.82, 2.24) is 5.32 Å². The van der Waals surface area contributed by atoms with Crippen LogP contribution in [0.25, 0.3) is 0 Å². The molecule has 0 unspecified atom stereocenters. The number of furan rings is 1. The van der Waals surface area contributed by atoms with E-state index in [0.717, 1.165) is 18.8 Å². The van der Waals surface area contributed by atoms with Gasteiger partial charge in [-0.3, -0.25) is 0 Å². The van der Waals surface area contributed by atoms with E-state index in [4.69, 9.17) is 4.42 Å². The number of nitrogens with zero attached hydrogens (tertiary/aromatic N) is 1. The lowest BCUT2D eigenvalue weighted by molar-refractivity contribution is 0.386. The highest BCUT2D eigenvalue weighted by Gasteiger charge is 2.13. The second kappa shape index (κ2) is 6.14. The van der Waals surface area contributed by atoms with Gasteiger partial charge in [-0.1, -0.05) is 18.2 Å². The molecule has 0 amide bonds. The van der Waals surface area contributed by atoms with Gasteiger partial charge in [-0.05, 0) is 39.0 Å². The third-order valence-electron chi connectivity index (χ3n) is 3.22.